The van der Waals surface area contributed by atoms with Crippen molar-refractivity contribution in [3.8, 4) is 0 Å². The lowest BCUT2D eigenvalue weighted by atomic mass is 9.90. The van der Waals surface area contributed by atoms with Crippen molar-refractivity contribution < 1.29 is 58.5 Å². The van der Waals surface area contributed by atoms with E-state index in [-0.39, 0.29) is 18.7 Å². The molecular weight excluding hydrogens is 646 g/mol. The summed E-state index contributed by atoms with van der Waals surface area (Å²) in [5.41, 5.74) is 3.11. The van der Waals surface area contributed by atoms with Crippen molar-refractivity contribution in [3.63, 3.8) is 0 Å². The number of carbonyl (C=O) groups is 2. The molecule has 3 aliphatic heterocycles. The molecule has 0 spiro atoms. The number of nitrogens with one attached hydrogen (secondary N) is 2. The van der Waals surface area contributed by atoms with Crippen LogP contribution in [0.5, 0.6) is 0 Å². The second-order valence-corrected chi connectivity index (χ2v) is 11.9. The third-order valence-electron chi connectivity index (χ3n) is 8.06. The first-order valence-electron chi connectivity index (χ1n) is 15.4. The van der Waals surface area contributed by atoms with Gasteiger partial charge in [-0.3, -0.25) is 9.59 Å². The van der Waals surface area contributed by atoms with E-state index < -0.39 is 55.7 Å². The van der Waals surface area contributed by atoms with E-state index in [0.29, 0.717) is 23.4 Å². The molecule has 47 heavy (non-hydrogen) atoms. The number of carboxylic acid groups (broad SMARTS) is 2. The molecule has 12 nitrogen and oxygen atoms in total. The van der Waals surface area contributed by atoms with Crippen LogP contribution in [0.2, 0.25) is 5.02 Å². The second kappa shape index (κ2) is 19.3. The number of benzene rings is 2. The Kier molecular flexibility index (Phi) is 15.8. The van der Waals surface area contributed by atoms with Crippen LogP contribution >= 0.6 is 11.6 Å². The molecular formula is C32H43ClF2N2O10. The van der Waals surface area contributed by atoms with Crippen LogP contribution in [0.4, 0.5) is 8.78 Å². The van der Waals surface area contributed by atoms with Crippen molar-refractivity contribution in [1.29, 1.82) is 0 Å². The largest absolute Gasteiger partial charge is 0.480 e. The van der Waals surface area contributed by atoms with Crippen LogP contribution in [0.15, 0.2) is 42.5 Å². The fraction of sp³-hybridized carbons (Fsp3) is 0.562. The van der Waals surface area contributed by atoms with Crippen molar-refractivity contribution in [2.24, 2.45) is 0 Å². The van der Waals surface area contributed by atoms with Crippen LogP contribution < -0.4 is 10.6 Å². The van der Waals surface area contributed by atoms with E-state index in [1.165, 1.54) is 0 Å². The van der Waals surface area contributed by atoms with Gasteiger partial charge in [0.2, 0.25) is 0 Å². The molecule has 8 N–H and O–H groups in total. The summed E-state index contributed by atoms with van der Waals surface area (Å²) >= 11 is 6.34. The number of halogens is 3. The maximum atomic E-state index is 12.1. The summed E-state index contributed by atoms with van der Waals surface area (Å²) in [6.07, 6.45) is -1.78. The van der Waals surface area contributed by atoms with Crippen molar-refractivity contribution in [3.05, 3.63) is 69.7 Å². The molecule has 3 heterocycles. The van der Waals surface area contributed by atoms with E-state index in [9.17, 15) is 38.8 Å². The van der Waals surface area contributed by atoms with Crippen molar-refractivity contribution in [2.45, 2.75) is 87.7 Å². The summed E-state index contributed by atoms with van der Waals surface area (Å²) in [7, 11) is 0. The Labute approximate surface area is 276 Å². The smallest absolute Gasteiger partial charge is 0.345 e. The van der Waals surface area contributed by atoms with Gasteiger partial charge in [0.15, 0.2) is 0 Å². The minimum atomic E-state index is -2.78. The number of aliphatic hydroxyl groups is 4. The summed E-state index contributed by atoms with van der Waals surface area (Å²) < 4.78 is 34.0. The maximum absolute atomic E-state index is 12.1. The molecule has 3 saturated heterocycles. The highest BCUT2D eigenvalue weighted by Crippen LogP contribution is 2.34. The normalized spacial score (nSPS) is 27.0. The van der Waals surface area contributed by atoms with Crippen LogP contribution in [-0.4, -0.2) is 112 Å². The van der Waals surface area contributed by atoms with E-state index in [2.05, 4.69) is 15.4 Å². The monoisotopic (exact) mass is 688 g/mol. The molecule has 0 aliphatic carbocycles. The highest BCUT2D eigenvalue weighted by molar-refractivity contribution is 6.31. The van der Waals surface area contributed by atoms with Gasteiger partial charge in [-0.1, -0.05) is 48.0 Å². The molecule has 0 radical (unpaired) electrons. The highest BCUT2D eigenvalue weighted by atomic mass is 35.5. The zero-order chi connectivity index (χ0) is 34.5. The number of hydrogen-bond acceptors (Lipinski definition) is 10. The standard InChI is InChI=1S/C22H25ClF2O6.2C5H9NO2/c23-16-6-5-14(21-20(29)19(28)18(27)17(11-26)31-21)10-15(16)9-13-3-1-12(2-4-13)7-8-30-22(24)25;2*7-5(8)4-2-1-3-6-4/h1-6,10,17-22,26-29H,7-9,11H2;2*4,6H,1-3H2,(H,7,8)/t17-,18-,19+,20-,21+;2*4-/m100/s1. The Balaban J connectivity index is 0.000000303. The zero-order valence-corrected chi connectivity index (χ0v) is 26.4. The number of aliphatic hydroxyl groups excluding tert-OH is 4. The minimum Gasteiger partial charge on any atom is -0.480 e. The molecule has 0 aromatic heterocycles. The first-order valence-corrected chi connectivity index (χ1v) is 15.8. The van der Waals surface area contributed by atoms with Crippen LogP contribution in [0.1, 0.15) is 54.0 Å². The first-order chi connectivity index (χ1) is 22.4. The molecule has 0 bridgehead atoms. The lowest BCUT2D eigenvalue weighted by molar-refractivity contribution is -0.231. The van der Waals surface area contributed by atoms with Gasteiger partial charge < -0.3 is 50.7 Å². The molecule has 0 amide bonds. The molecule has 0 saturated carbocycles. The number of aliphatic carboxylic acids is 2. The van der Waals surface area contributed by atoms with Crippen molar-refractivity contribution in [1.82, 2.24) is 10.6 Å². The summed E-state index contributed by atoms with van der Waals surface area (Å²) in [6.45, 7) is -1.63. The fourth-order valence-corrected chi connectivity index (χ4v) is 5.57. The van der Waals surface area contributed by atoms with Gasteiger partial charge in [-0.05, 0) is 79.9 Å². The Morgan fingerprint density at radius 1 is 0.894 bits per heavy atom. The minimum absolute atomic E-state index is 0.0655. The Morgan fingerprint density at radius 3 is 1.94 bits per heavy atom. The van der Waals surface area contributed by atoms with Crippen LogP contribution in [0.25, 0.3) is 0 Å². The Hall–Kier alpha value is -2.79. The average molecular weight is 689 g/mol. The van der Waals surface area contributed by atoms with E-state index in [0.717, 1.165) is 55.5 Å². The maximum Gasteiger partial charge on any atom is 0.345 e. The molecule has 2 aromatic rings. The number of carboxylic acids is 2. The third-order valence-corrected chi connectivity index (χ3v) is 8.43. The highest BCUT2D eigenvalue weighted by Gasteiger charge is 2.44. The summed E-state index contributed by atoms with van der Waals surface area (Å²) in [5.74, 6) is -1.44. The van der Waals surface area contributed by atoms with Crippen molar-refractivity contribution >= 4 is 23.5 Å². The fourth-order valence-electron chi connectivity index (χ4n) is 5.38. The number of ether oxygens (including phenoxy) is 2. The molecule has 262 valence electrons. The van der Waals surface area contributed by atoms with Crippen LogP contribution in [0, 0.1) is 0 Å². The van der Waals surface area contributed by atoms with Gasteiger partial charge in [0.25, 0.3) is 0 Å². The summed E-state index contributed by atoms with van der Waals surface area (Å²) in [5, 5.41) is 62.7. The molecule has 3 fully saturated rings. The molecule has 15 heteroatoms. The van der Waals surface area contributed by atoms with E-state index in [1.54, 1.807) is 18.2 Å². The summed E-state index contributed by atoms with van der Waals surface area (Å²) in [6, 6.07) is 11.9. The van der Waals surface area contributed by atoms with Gasteiger partial charge >= 0.3 is 18.6 Å². The van der Waals surface area contributed by atoms with Crippen LogP contribution in [-0.2, 0) is 31.9 Å². The molecule has 3 aliphatic rings. The Morgan fingerprint density at radius 2 is 1.47 bits per heavy atom. The molecule has 7 atom stereocenters. The van der Waals surface area contributed by atoms with Gasteiger partial charge in [-0.15, -0.1) is 0 Å². The van der Waals surface area contributed by atoms with Crippen molar-refractivity contribution in [2.75, 3.05) is 26.3 Å². The second-order valence-electron chi connectivity index (χ2n) is 11.4. The van der Waals surface area contributed by atoms with Crippen LogP contribution in [0.3, 0.4) is 0 Å². The Bertz CT molecular complexity index is 1230. The lowest BCUT2D eigenvalue weighted by Crippen LogP contribution is -2.55. The number of hydrogen-bond donors (Lipinski definition) is 8. The third kappa shape index (κ3) is 12.0. The number of alkyl halides is 2. The number of rotatable bonds is 10. The van der Waals surface area contributed by atoms with Gasteiger partial charge in [-0.25, -0.2) is 0 Å². The predicted molar refractivity (Wildman–Crippen MR) is 166 cm³/mol. The lowest BCUT2D eigenvalue weighted by Gasteiger charge is -2.40. The topological polar surface area (TPSA) is 198 Å². The SMILES string of the molecule is O=C(O)[C@@H]1CCCN1.O=C(O)[C@@H]1CCCN1.OC[C@H]1O[C@@H](c2ccc(Cl)c(Cc3ccc(CCOC(F)F)cc3)c2)[C@H](O)[C@@H](O)[C@@H]1O. The van der Waals surface area contributed by atoms with Gasteiger partial charge in [0.1, 0.15) is 42.6 Å². The van der Waals surface area contributed by atoms with Gasteiger partial charge in [0.05, 0.1) is 13.2 Å². The summed E-state index contributed by atoms with van der Waals surface area (Å²) in [4.78, 5) is 20.3. The molecule has 0 unspecified atom stereocenters. The van der Waals surface area contributed by atoms with E-state index in [1.807, 2.05) is 24.3 Å². The van der Waals surface area contributed by atoms with Gasteiger partial charge in [-0.2, -0.15) is 8.78 Å². The molecule has 2 aromatic carbocycles. The predicted octanol–water partition coefficient (Wildman–Crippen LogP) is 1.87. The van der Waals surface area contributed by atoms with E-state index >= 15 is 0 Å². The molecule has 5 rings (SSSR count). The quantitative estimate of drug-likeness (QED) is 0.181. The average Bonchev–Trinajstić information content (AvgIpc) is 3.79. The van der Waals surface area contributed by atoms with E-state index in [4.69, 9.17) is 26.6 Å². The zero-order valence-electron chi connectivity index (χ0n) is 25.7. The first kappa shape index (κ1) is 38.7. The van der Waals surface area contributed by atoms with Gasteiger partial charge in [0, 0.05) is 5.02 Å².